The van der Waals surface area contributed by atoms with Gasteiger partial charge in [0.15, 0.2) is 0 Å². The molecule has 0 radical (unpaired) electrons. The number of hydrogen-bond acceptors (Lipinski definition) is 4. The summed E-state index contributed by atoms with van der Waals surface area (Å²) in [5.74, 6) is 7.58. The average molecular weight is 448 g/mol. The Balaban J connectivity index is 1.71. The van der Waals surface area contributed by atoms with E-state index < -0.39 is 0 Å². The van der Waals surface area contributed by atoms with Crippen molar-refractivity contribution in [3.8, 4) is 17.6 Å². The maximum atomic E-state index is 11.4. The molecule has 2 heterocycles. The molecule has 1 aromatic heterocycles. The number of benzene rings is 1. The zero-order chi connectivity index (χ0) is 23.7. The van der Waals surface area contributed by atoms with Crippen LogP contribution in [0.2, 0.25) is 0 Å². The third-order valence-corrected chi connectivity index (χ3v) is 6.90. The molecule has 33 heavy (non-hydrogen) atoms. The van der Waals surface area contributed by atoms with Crippen LogP contribution in [0.4, 0.5) is 0 Å². The van der Waals surface area contributed by atoms with Crippen LogP contribution < -0.4 is 4.74 Å². The summed E-state index contributed by atoms with van der Waals surface area (Å²) < 4.78 is 11.0. The first kappa shape index (κ1) is 24.8. The predicted molar refractivity (Wildman–Crippen MR) is 133 cm³/mol. The number of esters is 1. The lowest BCUT2D eigenvalue weighted by Crippen LogP contribution is -2.32. The molecule has 0 saturated heterocycles. The van der Waals surface area contributed by atoms with Crippen molar-refractivity contribution >= 4 is 5.97 Å². The molecule has 1 aliphatic rings. The number of aromatic nitrogens is 1. The van der Waals surface area contributed by atoms with Crippen LogP contribution in [0.1, 0.15) is 94.2 Å². The van der Waals surface area contributed by atoms with Gasteiger partial charge in [-0.1, -0.05) is 32.8 Å². The van der Waals surface area contributed by atoms with Gasteiger partial charge in [-0.25, -0.2) is 4.98 Å². The van der Waals surface area contributed by atoms with Gasteiger partial charge in [0.1, 0.15) is 11.4 Å². The highest BCUT2D eigenvalue weighted by molar-refractivity contribution is 5.69. The monoisotopic (exact) mass is 447 g/mol. The van der Waals surface area contributed by atoms with Crippen LogP contribution in [0.25, 0.3) is 0 Å². The molecule has 2 aromatic rings. The van der Waals surface area contributed by atoms with Crippen molar-refractivity contribution in [3.05, 3.63) is 58.4 Å². The van der Waals surface area contributed by atoms with E-state index in [0.717, 1.165) is 68.6 Å². The summed E-state index contributed by atoms with van der Waals surface area (Å²) in [5.41, 5.74) is 5.74. The molecule has 0 N–H and O–H groups in total. The summed E-state index contributed by atoms with van der Waals surface area (Å²) in [6.45, 7) is 9.79. The number of hydrogen-bond donors (Lipinski definition) is 0. The first-order valence-corrected chi connectivity index (χ1v) is 12.5. The standard InChI is InChI=1S/C29H37NO3/c1-5-23-20-27-26(29(6-2,7-3)17-18-33-27)19-24(23)14-16-25-15-13-22(21-30-25)11-9-10-12-28(31)32-8-4/h13,15,19-21H,5-12,17-18H2,1-4H3. The summed E-state index contributed by atoms with van der Waals surface area (Å²) in [5, 5.41) is 0. The molecule has 0 bridgehead atoms. The molecule has 4 nitrogen and oxygen atoms in total. The average Bonchev–Trinajstić information content (AvgIpc) is 2.85. The van der Waals surface area contributed by atoms with Crippen molar-refractivity contribution in [1.82, 2.24) is 4.98 Å². The van der Waals surface area contributed by atoms with Gasteiger partial charge in [0, 0.05) is 29.2 Å². The van der Waals surface area contributed by atoms with Gasteiger partial charge < -0.3 is 9.47 Å². The lowest BCUT2D eigenvalue weighted by molar-refractivity contribution is -0.143. The van der Waals surface area contributed by atoms with Crippen LogP contribution >= 0.6 is 0 Å². The maximum Gasteiger partial charge on any atom is 0.305 e. The SMILES string of the molecule is CCOC(=O)CCCCc1ccc(C#Cc2cc3c(cc2CC)OCCC3(CC)CC)nc1. The number of unbranched alkanes of at least 4 members (excludes halogenated alkanes) is 1. The number of fused-ring (bicyclic) bond motifs is 1. The summed E-state index contributed by atoms with van der Waals surface area (Å²) in [7, 11) is 0. The van der Waals surface area contributed by atoms with Gasteiger partial charge in [0.25, 0.3) is 0 Å². The van der Waals surface area contributed by atoms with Crippen LogP contribution in [0.15, 0.2) is 30.5 Å². The highest BCUT2D eigenvalue weighted by Crippen LogP contribution is 2.44. The minimum Gasteiger partial charge on any atom is -0.493 e. The van der Waals surface area contributed by atoms with E-state index in [-0.39, 0.29) is 11.4 Å². The number of pyridine rings is 1. The lowest BCUT2D eigenvalue weighted by Gasteiger charge is -2.38. The Bertz CT molecular complexity index is 994. The minimum atomic E-state index is -0.114. The first-order chi connectivity index (χ1) is 16.0. The third-order valence-electron chi connectivity index (χ3n) is 6.90. The van der Waals surface area contributed by atoms with Gasteiger partial charge in [0.05, 0.1) is 13.2 Å². The van der Waals surface area contributed by atoms with E-state index in [1.165, 1.54) is 16.7 Å². The van der Waals surface area contributed by atoms with Crippen LogP contribution in [0.3, 0.4) is 0 Å². The fraction of sp³-hybridized carbons (Fsp3) is 0.517. The number of rotatable bonds is 9. The smallest absolute Gasteiger partial charge is 0.305 e. The molecule has 0 saturated carbocycles. The minimum absolute atomic E-state index is 0.114. The fourth-order valence-corrected chi connectivity index (χ4v) is 4.65. The molecule has 4 heteroatoms. The van der Waals surface area contributed by atoms with Crippen molar-refractivity contribution in [2.24, 2.45) is 0 Å². The van der Waals surface area contributed by atoms with E-state index in [1.807, 2.05) is 19.2 Å². The predicted octanol–water partition coefficient (Wildman–Crippen LogP) is 6.16. The number of carbonyl (C=O) groups is 1. The zero-order valence-electron chi connectivity index (χ0n) is 20.6. The van der Waals surface area contributed by atoms with Gasteiger partial charge in [-0.3, -0.25) is 4.79 Å². The second kappa shape index (κ2) is 11.9. The van der Waals surface area contributed by atoms with Crippen LogP contribution in [0, 0.1) is 11.8 Å². The third kappa shape index (κ3) is 6.16. The molecule has 0 atom stereocenters. The number of aryl methyl sites for hydroxylation is 2. The molecule has 1 aromatic carbocycles. The Kier molecular flexibility index (Phi) is 8.95. The maximum absolute atomic E-state index is 11.4. The van der Waals surface area contributed by atoms with Crippen molar-refractivity contribution < 1.29 is 14.3 Å². The largest absolute Gasteiger partial charge is 0.493 e. The number of ether oxygens (including phenoxy) is 2. The van der Waals surface area contributed by atoms with Gasteiger partial charge in [0.2, 0.25) is 0 Å². The van der Waals surface area contributed by atoms with E-state index in [4.69, 9.17) is 9.47 Å². The molecule has 3 rings (SSSR count). The highest BCUT2D eigenvalue weighted by atomic mass is 16.5. The van der Waals surface area contributed by atoms with E-state index in [9.17, 15) is 4.79 Å². The Morgan fingerprint density at radius 1 is 1.12 bits per heavy atom. The molecule has 176 valence electrons. The Hall–Kier alpha value is -2.80. The normalized spacial score (nSPS) is 13.9. The molecule has 1 aliphatic heterocycles. The molecular weight excluding hydrogens is 410 g/mol. The molecular formula is C29H37NO3. The first-order valence-electron chi connectivity index (χ1n) is 12.5. The zero-order valence-corrected chi connectivity index (χ0v) is 20.6. The molecule has 0 spiro atoms. The quantitative estimate of drug-likeness (QED) is 0.262. The van der Waals surface area contributed by atoms with Gasteiger partial charge in [-0.2, -0.15) is 0 Å². The second-order valence-corrected chi connectivity index (χ2v) is 8.76. The van der Waals surface area contributed by atoms with Gasteiger partial charge in [-0.15, -0.1) is 0 Å². The van der Waals surface area contributed by atoms with Crippen LogP contribution in [-0.4, -0.2) is 24.2 Å². The van der Waals surface area contributed by atoms with Crippen LogP contribution in [0.5, 0.6) is 5.75 Å². The van der Waals surface area contributed by atoms with E-state index in [1.54, 1.807) is 0 Å². The van der Waals surface area contributed by atoms with E-state index >= 15 is 0 Å². The van der Waals surface area contributed by atoms with Crippen molar-refractivity contribution in [1.29, 1.82) is 0 Å². The molecule has 0 unspecified atom stereocenters. The Morgan fingerprint density at radius 2 is 1.94 bits per heavy atom. The number of carbonyl (C=O) groups excluding carboxylic acids is 1. The summed E-state index contributed by atoms with van der Waals surface area (Å²) in [6.07, 6.45) is 9.27. The second-order valence-electron chi connectivity index (χ2n) is 8.76. The Labute approximate surface area is 199 Å². The topological polar surface area (TPSA) is 48.4 Å². The van der Waals surface area contributed by atoms with Crippen molar-refractivity contribution in [2.75, 3.05) is 13.2 Å². The van der Waals surface area contributed by atoms with E-state index in [2.05, 4.69) is 55.8 Å². The van der Waals surface area contributed by atoms with Crippen molar-refractivity contribution in [2.45, 2.75) is 84.5 Å². The van der Waals surface area contributed by atoms with Gasteiger partial charge in [-0.05, 0) is 87.1 Å². The summed E-state index contributed by atoms with van der Waals surface area (Å²) >= 11 is 0. The molecule has 0 aliphatic carbocycles. The summed E-state index contributed by atoms with van der Waals surface area (Å²) in [6, 6.07) is 8.54. The van der Waals surface area contributed by atoms with Gasteiger partial charge >= 0.3 is 5.97 Å². The lowest BCUT2D eigenvalue weighted by atomic mass is 9.71. The Morgan fingerprint density at radius 3 is 2.61 bits per heavy atom. The van der Waals surface area contributed by atoms with Crippen molar-refractivity contribution in [3.63, 3.8) is 0 Å². The summed E-state index contributed by atoms with van der Waals surface area (Å²) in [4.78, 5) is 16.0. The fourth-order valence-electron chi connectivity index (χ4n) is 4.65. The van der Waals surface area contributed by atoms with Crippen LogP contribution in [-0.2, 0) is 27.8 Å². The molecule has 0 fully saturated rings. The van der Waals surface area contributed by atoms with E-state index in [0.29, 0.717) is 13.0 Å². The number of nitrogens with zero attached hydrogens (tertiary/aromatic N) is 1. The molecule has 0 amide bonds. The highest BCUT2D eigenvalue weighted by Gasteiger charge is 2.35.